The molecule has 2 N–H and O–H groups in total. The molecule has 0 aliphatic carbocycles. The fourth-order valence-electron chi connectivity index (χ4n) is 1.12. The fourth-order valence-corrected chi connectivity index (χ4v) is 2.19. The Bertz CT molecular complexity index is 312. The summed E-state index contributed by atoms with van der Waals surface area (Å²) in [6.45, 7) is 7.79. The van der Waals surface area contributed by atoms with Crippen molar-refractivity contribution in [1.82, 2.24) is 4.98 Å². The molecule has 1 unspecified atom stereocenters. The maximum absolute atomic E-state index is 9.47. The van der Waals surface area contributed by atoms with Crippen molar-refractivity contribution in [2.75, 3.05) is 0 Å². The summed E-state index contributed by atoms with van der Waals surface area (Å²) in [7, 11) is 0. The Balaban J connectivity index is 3.13. The Morgan fingerprint density at radius 1 is 1.43 bits per heavy atom. The molecule has 3 nitrogen and oxygen atoms in total. The number of rotatable bonds is 2. The van der Waals surface area contributed by atoms with Gasteiger partial charge in [-0.25, -0.2) is 4.98 Å². The Hall–Kier alpha value is -0.450. The third kappa shape index (κ3) is 2.32. The fraction of sp³-hybridized carbons (Fsp3) is 0.700. The minimum atomic E-state index is -0.550. The number of hydrogen-bond acceptors (Lipinski definition) is 4. The van der Waals surface area contributed by atoms with Gasteiger partial charge in [0.1, 0.15) is 0 Å². The molecule has 0 saturated carbocycles. The molecule has 14 heavy (non-hydrogen) atoms. The molecule has 0 aliphatic heterocycles. The number of nitrogens with zero attached hydrogens (tertiary/aromatic N) is 1. The predicted molar refractivity (Wildman–Crippen MR) is 57.4 cm³/mol. The summed E-state index contributed by atoms with van der Waals surface area (Å²) in [4.78, 5) is 5.11. The molecule has 80 valence electrons. The third-order valence-corrected chi connectivity index (χ3v) is 3.59. The Labute approximate surface area is 88.4 Å². The van der Waals surface area contributed by atoms with Crippen molar-refractivity contribution in [3.05, 3.63) is 15.6 Å². The molecular weight excluding hydrogens is 198 g/mol. The van der Waals surface area contributed by atoms with Gasteiger partial charge in [-0.15, -0.1) is 11.3 Å². The molecule has 0 bridgehead atoms. The lowest BCUT2D eigenvalue weighted by Crippen LogP contribution is -2.10. The lowest BCUT2D eigenvalue weighted by molar-refractivity contribution is 0.196. The van der Waals surface area contributed by atoms with Crippen LogP contribution in [0.4, 0.5) is 0 Å². The molecule has 0 saturated heterocycles. The van der Waals surface area contributed by atoms with Crippen LogP contribution in [0.5, 0.6) is 0 Å². The first kappa shape index (κ1) is 11.6. The second-order valence-electron chi connectivity index (χ2n) is 4.41. The molecular formula is C10H17NO2S. The third-order valence-electron chi connectivity index (χ3n) is 1.90. The first-order chi connectivity index (χ1) is 6.36. The van der Waals surface area contributed by atoms with E-state index in [0.29, 0.717) is 5.69 Å². The van der Waals surface area contributed by atoms with Gasteiger partial charge in [0.2, 0.25) is 0 Å². The second kappa shape index (κ2) is 3.96. The molecule has 1 atom stereocenters. The minimum absolute atomic E-state index is 0.0261. The normalized spacial score (nSPS) is 14.4. The van der Waals surface area contributed by atoms with Crippen molar-refractivity contribution in [2.24, 2.45) is 0 Å². The zero-order valence-electron chi connectivity index (χ0n) is 9.03. The van der Waals surface area contributed by atoms with Gasteiger partial charge in [0, 0.05) is 5.41 Å². The summed E-state index contributed by atoms with van der Waals surface area (Å²) in [6, 6.07) is 0. The molecule has 0 amide bonds. The Morgan fingerprint density at radius 2 is 2.00 bits per heavy atom. The van der Waals surface area contributed by atoms with Crippen LogP contribution < -0.4 is 0 Å². The van der Waals surface area contributed by atoms with E-state index < -0.39 is 6.10 Å². The van der Waals surface area contributed by atoms with Crippen LogP contribution in [0.25, 0.3) is 0 Å². The van der Waals surface area contributed by atoms with E-state index in [4.69, 9.17) is 5.11 Å². The molecule has 1 aromatic rings. The summed E-state index contributed by atoms with van der Waals surface area (Å²) >= 11 is 1.48. The van der Waals surface area contributed by atoms with Crippen molar-refractivity contribution in [3.63, 3.8) is 0 Å². The Morgan fingerprint density at radius 3 is 2.29 bits per heavy atom. The first-order valence-electron chi connectivity index (χ1n) is 4.65. The van der Waals surface area contributed by atoms with Crippen LogP contribution in [-0.4, -0.2) is 15.2 Å². The summed E-state index contributed by atoms with van der Waals surface area (Å²) < 4.78 is 0. The Kier molecular flexibility index (Phi) is 3.29. The van der Waals surface area contributed by atoms with Gasteiger partial charge in [0.05, 0.1) is 28.3 Å². The highest BCUT2D eigenvalue weighted by Crippen LogP contribution is 2.32. The van der Waals surface area contributed by atoms with Crippen LogP contribution in [0.15, 0.2) is 0 Å². The lowest BCUT2D eigenvalue weighted by Gasteiger charge is -2.13. The van der Waals surface area contributed by atoms with E-state index in [1.165, 1.54) is 11.3 Å². The van der Waals surface area contributed by atoms with Crippen LogP contribution in [-0.2, 0) is 12.0 Å². The van der Waals surface area contributed by atoms with Gasteiger partial charge in [-0.05, 0) is 6.92 Å². The second-order valence-corrected chi connectivity index (χ2v) is 5.44. The van der Waals surface area contributed by atoms with Crippen molar-refractivity contribution in [2.45, 2.75) is 45.8 Å². The van der Waals surface area contributed by atoms with E-state index in [1.54, 1.807) is 6.92 Å². The summed E-state index contributed by atoms with van der Waals surface area (Å²) in [6.07, 6.45) is -0.550. The number of thiazole rings is 1. The highest BCUT2D eigenvalue weighted by Gasteiger charge is 2.22. The van der Waals surface area contributed by atoms with E-state index >= 15 is 0 Å². The maximum atomic E-state index is 9.47. The lowest BCUT2D eigenvalue weighted by atomic mass is 9.98. The predicted octanol–water partition coefficient (Wildman–Crippen LogP) is 1.99. The van der Waals surface area contributed by atoms with Crippen molar-refractivity contribution >= 4 is 11.3 Å². The van der Waals surface area contributed by atoms with Crippen molar-refractivity contribution in [3.8, 4) is 0 Å². The SMILES string of the molecule is CC(O)c1sc(C(C)(C)C)nc1CO. The van der Waals surface area contributed by atoms with Gasteiger partial charge < -0.3 is 10.2 Å². The van der Waals surface area contributed by atoms with Crippen LogP contribution in [0, 0.1) is 0 Å². The van der Waals surface area contributed by atoms with E-state index in [2.05, 4.69) is 25.8 Å². The average molecular weight is 215 g/mol. The van der Waals surface area contributed by atoms with Gasteiger partial charge in [-0.3, -0.25) is 0 Å². The van der Waals surface area contributed by atoms with Gasteiger partial charge in [-0.2, -0.15) is 0 Å². The van der Waals surface area contributed by atoms with E-state index in [-0.39, 0.29) is 12.0 Å². The standard InChI is InChI=1S/C10H17NO2S/c1-6(13)8-7(5-12)11-9(14-8)10(2,3)4/h6,12-13H,5H2,1-4H3. The molecule has 0 fully saturated rings. The van der Waals surface area contributed by atoms with E-state index in [1.807, 2.05) is 0 Å². The summed E-state index contributed by atoms with van der Waals surface area (Å²) in [5.74, 6) is 0. The quantitative estimate of drug-likeness (QED) is 0.793. The molecule has 1 aromatic heterocycles. The first-order valence-corrected chi connectivity index (χ1v) is 5.47. The zero-order chi connectivity index (χ0) is 10.9. The van der Waals surface area contributed by atoms with Crippen LogP contribution >= 0.6 is 11.3 Å². The van der Waals surface area contributed by atoms with Crippen LogP contribution in [0.3, 0.4) is 0 Å². The smallest absolute Gasteiger partial charge is 0.0986 e. The molecule has 0 spiro atoms. The van der Waals surface area contributed by atoms with E-state index in [9.17, 15) is 5.11 Å². The van der Waals surface area contributed by atoms with Gasteiger partial charge in [-0.1, -0.05) is 20.8 Å². The monoisotopic (exact) mass is 215 g/mol. The van der Waals surface area contributed by atoms with Crippen LogP contribution in [0.2, 0.25) is 0 Å². The maximum Gasteiger partial charge on any atom is 0.0986 e. The molecule has 1 heterocycles. The molecule has 0 radical (unpaired) electrons. The highest BCUT2D eigenvalue weighted by atomic mass is 32.1. The van der Waals surface area contributed by atoms with Crippen molar-refractivity contribution in [1.29, 1.82) is 0 Å². The summed E-state index contributed by atoms with van der Waals surface area (Å²) in [5, 5.41) is 19.5. The van der Waals surface area contributed by atoms with Gasteiger partial charge in [0.15, 0.2) is 0 Å². The number of hydrogen-bond donors (Lipinski definition) is 2. The molecule has 0 aromatic carbocycles. The number of aliphatic hydroxyl groups is 2. The zero-order valence-corrected chi connectivity index (χ0v) is 9.85. The van der Waals surface area contributed by atoms with Gasteiger partial charge >= 0.3 is 0 Å². The molecule has 0 aliphatic rings. The topological polar surface area (TPSA) is 53.4 Å². The average Bonchev–Trinajstić information content (AvgIpc) is 2.45. The number of aliphatic hydroxyl groups excluding tert-OH is 2. The van der Waals surface area contributed by atoms with Gasteiger partial charge in [0.25, 0.3) is 0 Å². The molecule has 1 rings (SSSR count). The molecule has 4 heteroatoms. The largest absolute Gasteiger partial charge is 0.390 e. The highest BCUT2D eigenvalue weighted by molar-refractivity contribution is 7.12. The van der Waals surface area contributed by atoms with E-state index in [0.717, 1.165) is 9.88 Å². The van der Waals surface area contributed by atoms with Crippen LogP contribution in [0.1, 0.15) is 49.4 Å². The summed E-state index contributed by atoms with van der Waals surface area (Å²) in [5.41, 5.74) is 0.580. The van der Waals surface area contributed by atoms with Crippen molar-refractivity contribution < 1.29 is 10.2 Å². The number of aromatic nitrogens is 1. The minimum Gasteiger partial charge on any atom is -0.390 e.